The van der Waals surface area contributed by atoms with Crippen LogP contribution in [-0.2, 0) is 0 Å². The van der Waals surface area contributed by atoms with E-state index in [1.807, 2.05) is 6.07 Å². The molecule has 0 aromatic heterocycles. The van der Waals surface area contributed by atoms with Crippen molar-refractivity contribution in [3.05, 3.63) is 114 Å². The molecule has 3 aromatic carbocycles. The number of hydrogen-bond donors (Lipinski definition) is 0. The van der Waals surface area contributed by atoms with Crippen molar-refractivity contribution in [1.29, 1.82) is 0 Å². The van der Waals surface area contributed by atoms with Gasteiger partial charge in [0, 0.05) is 5.92 Å². The maximum atomic E-state index is 2.28. The van der Waals surface area contributed by atoms with E-state index < -0.39 is 0 Å². The van der Waals surface area contributed by atoms with Gasteiger partial charge in [-0.1, -0.05) is 103 Å². The molecule has 3 aromatic rings. The number of hydrogen-bond acceptors (Lipinski definition) is 0. The molecule has 0 nitrogen and oxygen atoms in total. The van der Waals surface area contributed by atoms with Crippen molar-refractivity contribution in [3.63, 3.8) is 0 Å². The SMILES string of the molecule is C(=C\C(c1ccccc1)c1ccccc1)/c1ccccc1. The van der Waals surface area contributed by atoms with Gasteiger partial charge in [-0.15, -0.1) is 0 Å². The summed E-state index contributed by atoms with van der Waals surface area (Å²) in [6.45, 7) is 0. The molecule has 0 spiro atoms. The first-order valence-electron chi connectivity index (χ1n) is 7.26. The largest absolute Gasteiger partial charge is 0.0721 e. The lowest BCUT2D eigenvalue weighted by Crippen LogP contribution is -1.97. The highest BCUT2D eigenvalue weighted by atomic mass is 14.1. The third kappa shape index (κ3) is 3.49. The maximum Gasteiger partial charge on any atom is 0.0272 e. The van der Waals surface area contributed by atoms with Crippen molar-refractivity contribution in [2.75, 3.05) is 0 Å². The van der Waals surface area contributed by atoms with E-state index >= 15 is 0 Å². The molecule has 0 heterocycles. The molecule has 0 saturated carbocycles. The van der Waals surface area contributed by atoms with Gasteiger partial charge in [-0.2, -0.15) is 0 Å². The summed E-state index contributed by atoms with van der Waals surface area (Å²) in [4.78, 5) is 0. The Bertz CT molecular complexity index is 642. The van der Waals surface area contributed by atoms with E-state index in [1.54, 1.807) is 0 Å². The summed E-state index contributed by atoms with van der Waals surface area (Å²) in [6.07, 6.45) is 4.48. The van der Waals surface area contributed by atoms with Crippen molar-refractivity contribution < 1.29 is 0 Å². The summed E-state index contributed by atoms with van der Waals surface area (Å²) < 4.78 is 0. The second-order valence-corrected chi connectivity index (χ2v) is 5.07. The molecule has 0 aliphatic rings. The topological polar surface area (TPSA) is 0 Å². The Hall–Kier alpha value is -2.60. The van der Waals surface area contributed by atoms with Crippen LogP contribution in [0.4, 0.5) is 0 Å². The molecule has 0 saturated heterocycles. The van der Waals surface area contributed by atoms with Gasteiger partial charge in [0.2, 0.25) is 0 Å². The van der Waals surface area contributed by atoms with Gasteiger partial charge in [0.05, 0.1) is 0 Å². The fourth-order valence-corrected chi connectivity index (χ4v) is 2.51. The number of rotatable bonds is 4. The highest BCUT2D eigenvalue weighted by Gasteiger charge is 2.09. The van der Waals surface area contributed by atoms with E-state index in [-0.39, 0.29) is 5.92 Å². The van der Waals surface area contributed by atoms with Crippen LogP contribution in [0.5, 0.6) is 0 Å². The molecule has 21 heavy (non-hydrogen) atoms. The minimum absolute atomic E-state index is 0.285. The molecular formula is C21H18. The smallest absolute Gasteiger partial charge is 0.0272 e. The van der Waals surface area contributed by atoms with Crippen LogP contribution in [-0.4, -0.2) is 0 Å². The number of benzene rings is 3. The van der Waals surface area contributed by atoms with Gasteiger partial charge >= 0.3 is 0 Å². The van der Waals surface area contributed by atoms with Crippen molar-refractivity contribution in [2.24, 2.45) is 0 Å². The van der Waals surface area contributed by atoms with E-state index in [4.69, 9.17) is 0 Å². The fourth-order valence-electron chi connectivity index (χ4n) is 2.51. The molecule has 3 rings (SSSR count). The zero-order valence-corrected chi connectivity index (χ0v) is 11.9. The Morgan fingerprint density at radius 3 is 1.43 bits per heavy atom. The third-order valence-electron chi connectivity index (χ3n) is 3.60. The van der Waals surface area contributed by atoms with E-state index in [1.165, 1.54) is 16.7 Å². The number of allylic oxidation sites excluding steroid dienone is 1. The lowest BCUT2D eigenvalue weighted by Gasteiger charge is -2.14. The summed E-state index contributed by atoms with van der Waals surface area (Å²) in [7, 11) is 0. The Labute approximate surface area is 126 Å². The maximum absolute atomic E-state index is 2.28. The second-order valence-electron chi connectivity index (χ2n) is 5.07. The third-order valence-corrected chi connectivity index (χ3v) is 3.60. The Balaban J connectivity index is 1.96. The van der Waals surface area contributed by atoms with E-state index in [2.05, 4.69) is 97.1 Å². The molecule has 0 aliphatic heterocycles. The quantitative estimate of drug-likeness (QED) is 0.584. The minimum Gasteiger partial charge on any atom is -0.0721 e. The van der Waals surface area contributed by atoms with Crippen LogP contribution < -0.4 is 0 Å². The molecule has 0 fully saturated rings. The predicted molar refractivity (Wildman–Crippen MR) is 90.2 cm³/mol. The fraction of sp³-hybridized carbons (Fsp3) is 0.0476. The molecule has 0 aliphatic carbocycles. The van der Waals surface area contributed by atoms with Crippen LogP contribution in [0.15, 0.2) is 97.1 Å². The van der Waals surface area contributed by atoms with Gasteiger partial charge in [-0.05, 0) is 16.7 Å². The molecule has 0 bridgehead atoms. The van der Waals surface area contributed by atoms with E-state index in [9.17, 15) is 0 Å². The van der Waals surface area contributed by atoms with Crippen LogP contribution in [0.25, 0.3) is 6.08 Å². The summed E-state index contributed by atoms with van der Waals surface area (Å²) in [5.41, 5.74) is 3.86. The second kappa shape index (κ2) is 6.71. The highest BCUT2D eigenvalue weighted by Crippen LogP contribution is 2.26. The molecule has 0 atom stereocenters. The molecule has 0 radical (unpaired) electrons. The summed E-state index contributed by atoms with van der Waals surface area (Å²) in [5, 5.41) is 0. The van der Waals surface area contributed by atoms with Gasteiger partial charge in [-0.25, -0.2) is 0 Å². The predicted octanol–water partition coefficient (Wildman–Crippen LogP) is 5.53. The monoisotopic (exact) mass is 270 g/mol. The molecule has 0 N–H and O–H groups in total. The van der Waals surface area contributed by atoms with Crippen molar-refractivity contribution in [2.45, 2.75) is 5.92 Å². The van der Waals surface area contributed by atoms with Crippen molar-refractivity contribution in [3.8, 4) is 0 Å². The molecule has 0 heteroatoms. The summed E-state index contributed by atoms with van der Waals surface area (Å²) in [5.74, 6) is 0.285. The average molecular weight is 270 g/mol. The Kier molecular flexibility index (Phi) is 4.28. The van der Waals surface area contributed by atoms with Crippen LogP contribution in [0.2, 0.25) is 0 Å². The van der Waals surface area contributed by atoms with Gasteiger partial charge in [0.15, 0.2) is 0 Å². The lowest BCUT2D eigenvalue weighted by molar-refractivity contribution is 1.03. The van der Waals surface area contributed by atoms with E-state index in [0.29, 0.717) is 0 Å². The molecule has 0 amide bonds. The Morgan fingerprint density at radius 2 is 0.952 bits per heavy atom. The van der Waals surface area contributed by atoms with Gasteiger partial charge in [0.25, 0.3) is 0 Å². The normalized spacial score (nSPS) is 11.1. The van der Waals surface area contributed by atoms with Crippen molar-refractivity contribution in [1.82, 2.24) is 0 Å². The molecule has 102 valence electrons. The lowest BCUT2D eigenvalue weighted by atomic mass is 9.90. The summed E-state index contributed by atoms with van der Waals surface area (Å²) >= 11 is 0. The summed E-state index contributed by atoms with van der Waals surface area (Å²) in [6, 6.07) is 31.7. The first-order valence-corrected chi connectivity index (χ1v) is 7.26. The van der Waals surface area contributed by atoms with Crippen molar-refractivity contribution >= 4 is 6.08 Å². The van der Waals surface area contributed by atoms with Gasteiger partial charge < -0.3 is 0 Å². The first kappa shape index (κ1) is 13.4. The van der Waals surface area contributed by atoms with Gasteiger partial charge in [0.1, 0.15) is 0 Å². The average Bonchev–Trinajstić information content (AvgIpc) is 2.58. The molecule has 0 unspecified atom stereocenters. The van der Waals surface area contributed by atoms with Crippen LogP contribution in [0.3, 0.4) is 0 Å². The standard InChI is InChI=1S/C21H18/c1-4-10-18(11-5-1)16-17-21(19-12-6-2-7-13-19)20-14-8-3-9-15-20/h1-17,21H/b17-16+. The van der Waals surface area contributed by atoms with Crippen LogP contribution in [0.1, 0.15) is 22.6 Å². The zero-order valence-electron chi connectivity index (χ0n) is 11.9. The van der Waals surface area contributed by atoms with Crippen LogP contribution >= 0.6 is 0 Å². The minimum atomic E-state index is 0.285. The van der Waals surface area contributed by atoms with E-state index in [0.717, 1.165) is 0 Å². The van der Waals surface area contributed by atoms with Gasteiger partial charge in [-0.3, -0.25) is 0 Å². The molecular weight excluding hydrogens is 252 g/mol. The van der Waals surface area contributed by atoms with Crippen LogP contribution in [0, 0.1) is 0 Å². The zero-order chi connectivity index (χ0) is 14.3. The Morgan fingerprint density at radius 1 is 0.524 bits per heavy atom. The first-order chi connectivity index (χ1) is 10.4. The highest BCUT2D eigenvalue weighted by molar-refractivity contribution is 5.52.